The molecule has 1 heterocycles. The summed E-state index contributed by atoms with van der Waals surface area (Å²) in [6.45, 7) is 2.55. The summed E-state index contributed by atoms with van der Waals surface area (Å²) in [7, 11) is 1.29. The summed E-state index contributed by atoms with van der Waals surface area (Å²) in [5.41, 5.74) is 0.446. The number of esters is 3. The monoisotopic (exact) mass is 339 g/mol. The van der Waals surface area contributed by atoms with E-state index >= 15 is 0 Å². The number of thioether (sulfide) groups is 1. The van der Waals surface area contributed by atoms with E-state index in [9.17, 15) is 14.4 Å². The van der Waals surface area contributed by atoms with Crippen molar-refractivity contribution < 1.29 is 28.6 Å². The highest BCUT2D eigenvalue weighted by Gasteiger charge is 2.48. The van der Waals surface area contributed by atoms with Gasteiger partial charge in [0.2, 0.25) is 5.06 Å². The van der Waals surface area contributed by atoms with E-state index in [1.807, 2.05) is 0 Å². The summed E-state index contributed by atoms with van der Waals surface area (Å²) in [6, 6.07) is 6.04. The summed E-state index contributed by atoms with van der Waals surface area (Å²) < 4.78 is 15.4. The molecule has 0 aromatic heterocycles. The SMILES string of the molecule is COC(=O)C1CSC(OC(C)=O)(c2ccccc2OC(C)=O)N1. The minimum atomic E-state index is -1.32. The second-order valence-corrected chi connectivity index (χ2v) is 6.03. The van der Waals surface area contributed by atoms with Crippen molar-refractivity contribution in [2.45, 2.75) is 24.9 Å². The molecular formula is C15H17NO6S. The average Bonchev–Trinajstić information content (AvgIpc) is 2.90. The summed E-state index contributed by atoms with van der Waals surface area (Å²) in [5.74, 6) is -0.895. The number of para-hydroxylation sites is 1. The number of hydrogen-bond acceptors (Lipinski definition) is 8. The number of ether oxygens (including phenoxy) is 3. The Morgan fingerprint density at radius 2 is 1.91 bits per heavy atom. The first-order chi connectivity index (χ1) is 10.9. The lowest BCUT2D eigenvalue weighted by atomic mass is 10.1. The second kappa shape index (κ2) is 7.01. The molecule has 2 atom stereocenters. The summed E-state index contributed by atoms with van der Waals surface area (Å²) in [6.07, 6.45) is 0. The van der Waals surface area contributed by atoms with Gasteiger partial charge in [-0.15, -0.1) is 0 Å². The molecule has 2 unspecified atom stereocenters. The first-order valence-electron chi connectivity index (χ1n) is 6.85. The van der Waals surface area contributed by atoms with Gasteiger partial charge in [-0.25, -0.2) is 0 Å². The maximum atomic E-state index is 11.8. The highest BCUT2D eigenvalue weighted by Crippen LogP contribution is 2.44. The van der Waals surface area contributed by atoms with Crippen LogP contribution in [0, 0.1) is 0 Å². The number of nitrogens with one attached hydrogen (secondary N) is 1. The normalized spacial score (nSPS) is 23.2. The van der Waals surface area contributed by atoms with Gasteiger partial charge in [0.1, 0.15) is 11.8 Å². The molecular weight excluding hydrogens is 322 g/mol. The number of carbonyl (C=O) groups excluding carboxylic acids is 3. The number of rotatable bonds is 4. The summed E-state index contributed by atoms with van der Waals surface area (Å²) in [4.78, 5) is 34.6. The van der Waals surface area contributed by atoms with Crippen molar-refractivity contribution >= 4 is 29.7 Å². The fourth-order valence-corrected chi connectivity index (χ4v) is 3.58. The van der Waals surface area contributed by atoms with Gasteiger partial charge in [-0.1, -0.05) is 23.9 Å². The lowest BCUT2D eigenvalue weighted by Gasteiger charge is -2.30. The van der Waals surface area contributed by atoms with Crippen LogP contribution >= 0.6 is 11.8 Å². The van der Waals surface area contributed by atoms with Crippen LogP contribution in [0.15, 0.2) is 24.3 Å². The van der Waals surface area contributed by atoms with Crippen molar-refractivity contribution in [1.82, 2.24) is 5.32 Å². The van der Waals surface area contributed by atoms with Gasteiger partial charge in [-0.3, -0.25) is 19.7 Å². The van der Waals surface area contributed by atoms with Crippen molar-refractivity contribution in [2.75, 3.05) is 12.9 Å². The van der Waals surface area contributed by atoms with Crippen LogP contribution in [0.3, 0.4) is 0 Å². The van der Waals surface area contributed by atoms with Crippen molar-refractivity contribution in [3.63, 3.8) is 0 Å². The Morgan fingerprint density at radius 3 is 2.52 bits per heavy atom. The number of carbonyl (C=O) groups is 3. The standard InChI is InChI=1S/C15H17NO6S/c1-9(17)21-13-7-5-4-6-11(13)15(22-10(2)18)16-12(8-23-15)14(19)20-3/h4-7,12,16H,8H2,1-3H3. The van der Waals surface area contributed by atoms with Crippen molar-refractivity contribution in [1.29, 1.82) is 0 Å². The van der Waals surface area contributed by atoms with Crippen LogP contribution in [0.5, 0.6) is 5.75 Å². The molecule has 23 heavy (non-hydrogen) atoms. The molecule has 1 saturated heterocycles. The highest BCUT2D eigenvalue weighted by molar-refractivity contribution is 8.00. The highest BCUT2D eigenvalue weighted by atomic mass is 32.2. The van der Waals surface area contributed by atoms with E-state index in [2.05, 4.69) is 5.32 Å². The van der Waals surface area contributed by atoms with Crippen LogP contribution < -0.4 is 10.1 Å². The molecule has 124 valence electrons. The Hall–Kier alpha value is -2.06. The smallest absolute Gasteiger partial charge is 0.323 e. The number of benzene rings is 1. The van der Waals surface area contributed by atoms with Gasteiger partial charge in [0.05, 0.1) is 12.7 Å². The first-order valence-corrected chi connectivity index (χ1v) is 7.83. The Bertz CT molecular complexity index is 634. The molecule has 0 bridgehead atoms. The van der Waals surface area contributed by atoms with Gasteiger partial charge >= 0.3 is 17.9 Å². The molecule has 7 nitrogen and oxygen atoms in total. The zero-order valence-corrected chi connectivity index (χ0v) is 13.8. The van der Waals surface area contributed by atoms with E-state index in [1.54, 1.807) is 24.3 Å². The molecule has 1 aliphatic rings. The Labute approximate surface area is 137 Å². The minimum Gasteiger partial charge on any atom is -0.468 e. The number of methoxy groups -OCH3 is 1. The zero-order chi connectivity index (χ0) is 17.0. The predicted molar refractivity (Wildman–Crippen MR) is 82.6 cm³/mol. The maximum absolute atomic E-state index is 11.8. The molecule has 1 aliphatic heterocycles. The van der Waals surface area contributed by atoms with E-state index in [-0.39, 0.29) is 5.75 Å². The van der Waals surface area contributed by atoms with Crippen molar-refractivity contribution in [3.8, 4) is 5.75 Å². The molecule has 8 heteroatoms. The molecule has 1 aromatic carbocycles. The van der Waals surface area contributed by atoms with Crippen LogP contribution in [-0.2, 0) is 28.9 Å². The van der Waals surface area contributed by atoms with E-state index in [1.165, 1.54) is 32.7 Å². The minimum absolute atomic E-state index is 0.256. The first kappa shape index (κ1) is 17.3. The lowest BCUT2D eigenvalue weighted by molar-refractivity contribution is -0.155. The number of hydrogen-bond donors (Lipinski definition) is 1. The zero-order valence-electron chi connectivity index (χ0n) is 13.0. The molecule has 0 spiro atoms. The Balaban J connectivity index is 2.42. The molecule has 0 saturated carbocycles. The third kappa shape index (κ3) is 3.83. The molecule has 1 aromatic rings. The fourth-order valence-electron chi connectivity index (χ4n) is 2.24. The van der Waals surface area contributed by atoms with Gasteiger partial charge < -0.3 is 14.2 Å². The van der Waals surface area contributed by atoms with E-state index < -0.39 is 29.0 Å². The van der Waals surface area contributed by atoms with Gasteiger partial charge in [0, 0.05) is 19.6 Å². The summed E-state index contributed by atoms with van der Waals surface area (Å²) in [5, 5.41) is 1.65. The van der Waals surface area contributed by atoms with Crippen LogP contribution in [0.25, 0.3) is 0 Å². The van der Waals surface area contributed by atoms with Gasteiger partial charge in [-0.2, -0.15) is 0 Å². The molecule has 2 rings (SSSR count). The topological polar surface area (TPSA) is 90.9 Å². The lowest BCUT2D eigenvalue weighted by Crippen LogP contribution is -2.46. The second-order valence-electron chi connectivity index (χ2n) is 4.83. The van der Waals surface area contributed by atoms with Gasteiger partial charge in [0.15, 0.2) is 0 Å². The molecule has 0 aliphatic carbocycles. The quantitative estimate of drug-likeness (QED) is 0.645. The fraction of sp³-hybridized carbons (Fsp3) is 0.400. The Kier molecular flexibility index (Phi) is 5.27. The third-order valence-electron chi connectivity index (χ3n) is 3.09. The largest absolute Gasteiger partial charge is 0.468 e. The van der Waals surface area contributed by atoms with E-state index in [0.717, 1.165) is 0 Å². The maximum Gasteiger partial charge on any atom is 0.323 e. The average molecular weight is 339 g/mol. The van der Waals surface area contributed by atoms with Crippen molar-refractivity contribution in [3.05, 3.63) is 29.8 Å². The predicted octanol–water partition coefficient (Wildman–Crippen LogP) is 1.16. The van der Waals surface area contributed by atoms with E-state index in [0.29, 0.717) is 11.3 Å². The van der Waals surface area contributed by atoms with Crippen LogP contribution in [0.2, 0.25) is 0 Å². The molecule has 1 N–H and O–H groups in total. The van der Waals surface area contributed by atoms with Crippen LogP contribution in [0.4, 0.5) is 0 Å². The van der Waals surface area contributed by atoms with Gasteiger partial charge in [0.25, 0.3) is 0 Å². The molecule has 0 amide bonds. The molecule has 1 fully saturated rings. The Morgan fingerprint density at radius 1 is 1.22 bits per heavy atom. The van der Waals surface area contributed by atoms with Crippen LogP contribution in [-0.4, -0.2) is 36.8 Å². The molecule has 0 radical (unpaired) electrons. The third-order valence-corrected chi connectivity index (χ3v) is 4.41. The van der Waals surface area contributed by atoms with Crippen molar-refractivity contribution in [2.24, 2.45) is 0 Å². The summed E-state index contributed by atoms with van der Waals surface area (Å²) >= 11 is 1.22. The van der Waals surface area contributed by atoms with Gasteiger partial charge in [-0.05, 0) is 12.1 Å². The van der Waals surface area contributed by atoms with E-state index in [4.69, 9.17) is 14.2 Å². The van der Waals surface area contributed by atoms with Crippen LogP contribution in [0.1, 0.15) is 19.4 Å².